The number of hydrogen-bond acceptors (Lipinski definition) is 8. The van der Waals surface area contributed by atoms with Crippen LogP contribution in [0.25, 0.3) is 0 Å². The minimum atomic E-state index is -0.620. The molecule has 0 aliphatic carbocycles. The molecule has 1 heterocycles. The second-order valence-corrected chi connectivity index (χ2v) is 8.69. The van der Waals surface area contributed by atoms with Gasteiger partial charge in [0.25, 0.3) is 0 Å². The van der Waals surface area contributed by atoms with Crippen LogP contribution >= 0.6 is 11.6 Å². The molecule has 1 aliphatic heterocycles. The second kappa shape index (κ2) is 11.2. The molecule has 0 unspecified atom stereocenters. The molecule has 0 aromatic heterocycles. The predicted molar refractivity (Wildman–Crippen MR) is 120 cm³/mol. The van der Waals surface area contributed by atoms with Gasteiger partial charge < -0.3 is 30.2 Å². The summed E-state index contributed by atoms with van der Waals surface area (Å²) in [6.07, 6.45) is -0.620. The van der Waals surface area contributed by atoms with Crippen molar-refractivity contribution in [1.82, 2.24) is 15.1 Å². The topological polar surface area (TPSA) is 123 Å². The smallest absolute Gasteiger partial charge is 0.408 e. The molecule has 0 radical (unpaired) electrons. The van der Waals surface area contributed by atoms with E-state index >= 15 is 0 Å². The van der Waals surface area contributed by atoms with E-state index in [9.17, 15) is 14.4 Å². The quantitative estimate of drug-likeness (QED) is 0.456. The fourth-order valence-electron chi connectivity index (χ4n) is 3.04. The summed E-state index contributed by atoms with van der Waals surface area (Å²) in [7, 11) is 1.43. The summed E-state index contributed by atoms with van der Waals surface area (Å²) in [5.74, 6) is -0.427. The van der Waals surface area contributed by atoms with E-state index < -0.39 is 17.7 Å². The highest BCUT2D eigenvalue weighted by molar-refractivity contribution is 6.33. The molecule has 0 saturated carbocycles. The van der Waals surface area contributed by atoms with Gasteiger partial charge in [-0.3, -0.25) is 9.69 Å². The van der Waals surface area contributed by atoms with Crippen LogP contribution in [-0.4, -0.2) is 86.4 Å². The van der Waals surface area contributed by atoms with Crippen molar-refractivity contribution in [3.8, 4) is 5.75 Å². The lowest BCUT2D eigenvalue weighted by Crippen LogP contribution is -2.52. The third kappa shape index (κ3) is 7.76. The van der Waals surface area contributed by atoms with Crippen LogP contribution in [0.1, 0.15) is 31.1 Å². The van der Waals surface area contributed by atoms with Crippen LogP contribution in [-0.2, 0) is 14.3 Å². The molecule has 178 valence electrons. The average molecular weight is 471 g/mol. The van der Waals surface area contributed by atoms with Gasteiger partial charge in [0.05, 0.1) is 17.8 Å². The number of nitrogens with two attached hydrogens (primary N) is 1. The number of nitrogens with one attached hydrogen (secondary N) is 1. The van der Waals surface area contributed by atoms with E-state index in [2.05, 4.69) is 10.2 Å². The van der Waals surface area contributed by atoms with Gasteiger partial charge in [0, 0.05) is 38.8 Å². The van der Waals surface area contributed by atoms with Crippen LogP contribution in [0.2, 0.25) is 5.02 Å². The lowest BCUT2D eigenvalue weighted by Gasteiger charge is -2.34. The van der Waals surface area contributed by atoms with Crippen molar-refractivity contribution in [1.29, 1.82) is 0 Å². The number of carbonyl (C=O) groups excluding carboxylic acids is 3. The van der Waals surface area contributed by atoms with E-state index in [1.807, 2.05) is 0 Å². The molecule has 10 nitrogen and oxygen atoms in total. The fraction of sp³-hybridized carbons (Fsp3) is 0.571. The lowest BCUT2D eigenvalue weighted by molar-refractivity contribution is -0.132. The van der Waals surface area contributed by atoms with Crippen LogP contribution in [0.5, 0.6) is 5.75 Å². The molecule has 1 aliphatic rings. The second-order valence-electron chi connectivity index (χ2n) is 8.29. The number of nitrogen functional groups attached to an aromatic ring is 1. The van der Waals surface area contributed by atoms with Gasteiger partial charge in [0.2, 0.25) is 5.91 Å². The highest BCUT2D eigenvalue weighted by Gasteiger charge is 2.23. The first-order valence-corrected chi connectivity index (χ1v) is 10.6. The van der Waals surface area contributed by atoms with Crippen LogP contribution in [0, 0.1) is 0 Å². The molecule has 11 heteroatoms. The normalized spacial score (nSPS) is 14.6. The third-order valence-corrected chi connectivity index (χ3v) is 5.01. The van der Waals surface area contributed by atoms with Crippen LogP contribution in [0.3, 0.4) is 0 Å². The number of esters is 1. The number of alkyl carbamates (subject to hydrolysis) is 1. The van der Waals surface area contributed by atoms with Crippen molar-refractivity contribution < 1.29 is 28.6 Å². The molecule has 1 aromatic carbocycles. The molecular formula is C21H31ClN4O6. The zero-order chi connectivity index (χ0) is 23.9. The summed E-state index contributed by atoms with van der Waals surface area (Å²) in [5, 5.41) is 2.73. The number of carbonyl (C=O) groups is 3. The largest absolute Gasteiger partial charge is 0.496 e. The molecule has 1 aromatic rings. The Morgan fingerprint density at radius 3 is 2.41 bits per heavy atom. The maximum atomic E-state index is 12.4. The van der Waals surface area contributed by atoms with Gasteiger partial charge in [0.1, 0.15) is 30.1 Å². The number of benzene rings is 1. The number of ether oxygens (including phenoxy) is 3. The Bertz CT molecular complexity index is 834. The van der Waals surface area contributed by atoms with E-state index in [1.165, 1.54) is 19.2 Å². The van der Waals surface area contributed by atoms with E-state index in [4.69, 9.17) is 31.5 Å². The molecule has 0 spiro atoms. The van der Waals surface area contributed by atoms with Gasteiger partial charge in [-0.1, -0.05) is 11.6 Å². The SMILES string of the molecule is COc1cc(N)c(Cl)cc1C(=O)OCCN1CCN(C(=O)CNC(=O)OC(C)(C)C)CC1. The number of rotatable bonds is 7. The Morgan fingerprint density at radius 2 is 1.81 bits per heavy atom. The molecule has 0 atom stereocenters. The Kier molecular flexibility index (Phi) is 8.97. The molecule has 2 amide bonds. The summed E-state index contributed by atoms with van der Waals surface area (Å²) >= 11 is 5.99. The van der Waals surface area contributed by atoms with Crippen molar-refractivity contribution in [3.05, 3.63) is 22.7 Å². The first-order valence-electron chi connectivity index (χ1n) is 10.3. The summed E-state index contributed by atoms with van der Waals surface area (Å²) in [4.78, 5) is 40.1. The first kappa shape index (κ1) is 25.5. The zero-order valence-corrected chi connectivity index (χ0v) is 19.7. The molecule has 32 heavy (non-hydrogen) atoms. The van der Waals surface area contributed by atoms with E-state index in [0.29, 0.717) is 44.2 Å². The Hall–Kier alpha value is -2.72. The maximum absolute atomic E-state index is 12.4. The number of methoxy groups -OCH3 is 1. The maximum Gasteiger partial charge on any atom is 0.408 e. The number of anilines is 1. The van der Waals surface area contributed by atoms with Crippen LogP contribution in [0.4, 0.5) is 10.5 Å². The molecular weight excluding hydrogens is 440 g/mol. The van der Waals surface area contributed by atoms with Gasteiger partial charge in [-0.25, -0.2) is 9.59 Å². The molecule has 0 bridgehead atoms. The van der Waals surface area contributed by atoms with Crippen molar-refractivity contribution in [2.24, 2.45) is 0 Å². The van der Waals surface area contributed by atoms with Crippen molar-refractivity contribution in [3.63, 3.8) is 0 Å². The highest BCUT2D eigenvalue weighted by atomic mass is 35.5. The Balaban J connectivity index is 1.71. The van der Waals surface area contributed by atoms with Gasteiger partial charge in [-0.15, -0.1) is 0 Å². The lowest BCUT2D eigenvalue weighted by atomic mass is 10.2. The number of halogens is 1. The fourth-order valence-corrected chi connectivity index (χ4v) is 3.20. The number of hydrogen-bond donors (Lipinski definition) is 2. The third-order valence-electron chi connectivity index (χ3n) is 4.69. The van der Waals surface area contributed by atoms with Crippen molar-refractivity contribution >= 4 is 35.3 Å². The minimum Gasteiger partial charge on any atom is -0.496 e. The van der Waals surface area contributed by atoms with E-state index in [-0.39, 0.29) is 29.6 Å². The van der Waals surface area contributed by atoms with E-state index in [0.717, 1.165) is 0 Å². The summed E-state index contributed by atoms with van der Waals surface area (Å²) in [5.41, 5.74) is 5.63. The van der Waals surface area contributed by atoms with Gasteiger partial charge in [-0.05, 0) is 26.8 Å². The van der Waals surface area contributed by atoms with E-state index in [1.54, 1.807) is 25.7 Å². The number of piperazine rings is 1. The van der Waals surface area contributed by atoms with Gasteiger partial charge >= 0.3 is 12.1 Å². The van der Waals surface area contributed by atoms with Gasteiger partial charge in [0.15, 0.2) is 0 Å². The monoisotopic (exact) mass is 470 g/mol. The Morgan fingerprint density at radius 1 is 1.16 bits per heavy atom. The van der Waals surface area contributed by atoms with Crippen LogP contribution in [0.15, 0.2) is 12.1 Å². The molecule has 2 rings (SSSR count). The summed E-state index contributed by atoms with van der Waals surface area (Å²) < 4.78 is 15.6. The number of amides is 2. The zero-order valence-electron chi connectivity index (χ0n) is 18.9. The highest BCUT2D eigenvalue weighted by Crippen LogP contribution is 2.29. The average Bonchev–Trinajstić information content (AvgIpc) is 2.72. The Labute approximate surface area is 192 Å². The van der Waals surface area contributed by atoms with Crippen molar-refractivity contribution in [2.45, 2.75) is 26.4 Å². The van der Waals surface area contributed by atoms with Gasteiger partial charge in [-0.2, -0.15) is 0 Å². The standard InChI is InChI=1S/C21H31ClN4O6/c1-21(2,3)32-20(29)24-13-18(27)26-7-5-25(6-8-26)9-10-31-19(28)14-11-15(22)16(23)12-17(14)30-4/h11-12H,5-10,13,23H2,1-4H3,(H,24,29). The molecule has 1 saturated heterocycles. The molecule has 1 fully saturated rings. The number of nitrogens with zero attached hydrogens (tertiary/aromatic N) is 2. The summed E-state index contributed by atoms with van der Waals surface area (Å²) in [6.45, 7) is 8.16. The first-order chi connectivity index (χ1) is 15.0. The van der Waals surface area contributed by atoms with Crippen molar-refractivity contribution in [2.75, 3.05) is 58.7 Å². The predicted octanol–water partition coefficient (Wildman–Crippen LogP) is 1.76. The van der Waals surface area contributed by atoms with Crippen LogP contribution < -0.4 is 15.8 Å². The summed E-state index contributed by atoms with van der Waals surface area (Å²) in [6, 6.07) is 2.90. The minimum absolute atomic E-state index is 0.113. The molecule has 3 N–H and O–H groups in total.